The first-order valence-corrected chi connectivity index (χ1v) is 21.9. The third-order valence-electron chi connectivity index (χ3n) is 12.2. The molecule has 3 N–H and O–H groups in total. The van der Waals surface area contributed by atoms with Crippen molar-refractivity contribution in [2.75, 3.05) is 58.2 Å². The van der Waals surface area contributed by atoms with Crippen molar-refractivity contribution < 1.29 is 41.8 Å². The molecule has 4 fully saturated rings. The number of alkyl halides is 5. The predicted octanol–water partition coefficient (Wildman–Crippen LogP) is 8.06. The first-order chi connectivity index (χ1) is 29.4. The number of anilines is 1. The fourth-order valence-electron chi connectivity index (χ4n) is 8.64. The van der Waals surface area contributed by atoms with Crippen LogP contribution in [0.25, 0.3) is 22.4 Å². The third-order valence-corrected chi connectivity index (χ3v) is 13.4. The second kappa shape index (κ2) is 18.7. The van der Waals surface area contributed by atoms with Gasteiger partial charge in [-0.3, -0.25) is 14.5 Å². The molecule has 5 amide bonds. The maximum Gasteiger partial charge on any atom is 0.573 e. The van der Waals surface area contributed by atoms with Crippen LogP contribution in [-0.4, -0.2) is 129 Å². The molecule has 1 aliphatic carbocycles. The van der Waals surface area contributed by atoms with Gasteiger partial charge in [0, 0.05) is 75.9 Å². The van der Waals surface area contributed by atoms with Gasteiger partial charge in [-0.1, -0.05) is 49.7 Å². The predicted molar refractivity (Wildman–Crippen MR) is 228 cm³/mol. The number of aromatic amines is 1. The molecular weight excluding hydrogens is 876 g/mol. The molecule has 0 radical (unpaired) electrons. The molecule has 1 saturated carbocycles. The van der Waals surface area contributed by atoms with Crippen LogP contribution >= 0.6 is 34.8 Å². The van der Waals surface area contributed by atoms with Crippen molar-refractivity contribution in [3.63, 3.8) is 0 Å². The molecule has 62 heavy (non-hydrogen) atoms. The number of rotatable bonds is 11. The Balaban J connectivity index is 0.979. The number of nitrogens with zero attached hydrogens (tertiary/aromatic N) is 5. The van der Waals surface area contributed by atoms with E-state index in [2.05, 4.69) is 37.2 Å². The highest BCUT2D eigenvalue weighted by atomic mass is 35.5. The molecular formula is C42H50Cl3F3N8O6. The summed E-state index contributed by atoms with van der Waals surface area (Å²) in [6.07, 6.45) is -0.582. The van der Waals surface area contributed by atoms with Crippen LogP contribution in [0, 0.1) is 11.8 Å². The van der Waals surface area contributed by atoms with Crippen LogP contribution in [0.5, 0.6) is 5.75 Å². The number of hydrogen-bond donors (Lipinski definition) is 3. The molecule has 14 nitrogen and oxygen atoms in total. The number of likely N-dealkylation sites (tertiary alicyclic amines) is 2. The van der Waals surface area contributed by atoms with Crippen molar-refractivity contribution in [1.29, 1.82) is 0 Å². The molecule has 0 bridgehead atoms. The van der Waals surface area contributed by atoms with E-state index in [0.717, 1.165) is 18.9 Å². The van der Waals surface area contributed by atoms with Gasteiger partial charge in [0.05, 0.1) is 41.7 Å². The summed E-state index contributed by atoms with van der Waals surface area (Å²) in [6, 6.07) is 8.17. The van der Waals surface area contributed by atoms with Crippen LogP contribution in [0.15, 0.2) is 42.6 Å². The van der Waals surface area contributed by atoms with Crippen molar-refractivity contribution in [1.82, 2.24) is 34.9 Å². The monoisotopic (exact) mass is 924 g/mol. The lowest BCUT2D eigenvalue weighted by Gasteiger charge is -2.42. The molecule has 2 unspecified atom stereocenters. The summed E-state index contributed by atoms with van der Waals surface area (Å²) >= 11 is 18.8. The summed E-state index contributed by atoms with van der Waals surface area (Å²) in [4.78, 5) is 66.7. The van der Waals surface area contributed by atoms with Crippen molar-refractivity contribution >= 4 is 64.4 Å². The number of imidazole rings is 1. The van der Waals surface area contributed by atoms with E-state index in [1.54, 1.807) is 40.3 Å². The van der Waals surface area contributed by atoms with Gasteiger partial charge in [0.25, 0.3) is 0 Å². The molecule has 1 aromatic heterocycles. The number of methoxy groups -OCH3 is 1. The molecule has 20 heteroatoms. The number of piperazine rings is 1. The van der Waals surface area contributed by atoms with E-state index < -0.39 is 28.6 Å². The van der Waals surface area contributed by atoms with Gasteiger partial charge in [-0.25, -0.2) is 14.6 Å². The molecule has 4 aliphatic rings. The molecule has 4 atom stereocenters. The summed E-state index contributed by atoms with van der Waals surface area (Å²) in [6.45, 7) is 7.68. The van der Waals surface area contributed by atoms with E-state index in [1.807, 2.05) is 11.8 Å². The topological polar surface area (TPSA) is 152 Å². The highest BCUT2D eigenvalue weighted by Gasteiger charge is 2.57. The van der Waals surface area contributed by atoms with Crippen LogP contribution in [0.3, 0.4) is 0 Å². The number of ether oxygens (including phenoxy) is 2. The van der Waals surface area contributed by atoms with Crippen LogP contribution in [0.2, 0.25) is 5.02 Å². The average Bonchev–Trinajstić information content (AvgIpc) is 3.52. The summed E-state index contributed by atoms with van der Waals surface area (Å²) in [7, 11) is 1.27. The smallest absolute Gasteiger partial charge is 0.453 e. The summed E-state index contributed by atoms with van der Waals surface area (Å²) in [5.74, 6) is -0.191. The number of alkyl carbamates (subject to hydrolysis) is 1. The minimum absolute atomic E-state index is 0.00280. The number of nitrogens with one attached hydrogen (secondary N) is 3. The van der Waals surface area contributed by atoms with E-state index in [9.17, 15) is 32.3 Å². The number of halogens is 6. The van der Waals surface area contributed by atoms with E-state index in [4.69, 9.17) is 39.5 Å². The number of aromatic nitrogens is 2. The maximum absolute atomic E-state index is 13.8. The fourth-order valence-corrected chi connectivity index (χ4v) is 9.34. The molecule has 3 aromatic rings. The third kappa shape index (κ3) is 10.7. The fraction of sp³-hybridized carbons (Fsp3) is 0.548. The summed E-state index contributed by atoms with van der Waals surface area (Å²) in [5.41, 5.74) is 1.74. The molecule has 3 saturated heterocycles. The van der Waals surface area contributed by atoms with Crippen molar-refractivity contribution in [2.45, 2.75) is 81.2 Å². The summed E-state index contributed by atoms with van der Waals surface area (Å²) < 4.78 is 49.5. The molecule has 7 rings (SSSR count). The second-order valence-electron chi connectivity index (χ2n) is 16.5. The number of benzene rings is 2. The maximum atomic E-state index is 13.8. The lowest BCUT2D eigenvalue weighted by atomic mass is 10.0. The van der Waals surface area contributed by atoms with Gasteiger partial charge in [0.1, 0.15) is 15.9 Å². The Bertz CT molecular complexity index is 2130. The van der Waals surface area contributed by atoms with E-state index >= 15 is 0 Å². The molecule has 2 aromatic carbocycles. The second-order valence-corrected chi connectivity index (χ2v) is 18.5. The first kappa shape index (κ1) is 45.6. The zero-order valence-corrected chi connectivity index (χ0v) is 36.8. The van der Waals surface area contributed by atoms with Gasteiger partial charge in [-0.05, 0) is 55.2 Å². The first-order valence-electron chi connectivity index (χ1n) is 20.8. The number of carbonyl (C=O) groups is 4. The largest absolute Gasteiger partial charge is 0.573 e. The molecule has 0 spiro atoms. The Morgan fingerprint density at radius 2 is 1.66 bits per heavy atom. The van der Waals surface area contributed by atoms with Crippen LogP contribution in [-0.2, 0) is 14.3 Å². The quantitative estimate of drug-likeness (QED) is 0.164. The lowest BCUT2D eigenvalue weighted by molar-refractivity contribution is -0.274. The van der Waals surface area contributed by atoms with Gasteiger partial charge in [-0.2, -0.15) is 0 Å². The molecule has 336 valence electrons. The van der Waals surface area contributed by atoms with Crippen LogP contribution in [0.4, 0.5) is 28.4 Å². The Morgan fingerprint density at radius 3 is 2.27 bits per heavy atom. The zero-order chi connectivity index (χ0) is 44.5. The normalized spacial score (nSPS) is 22.3. The number of H-pyrrole nitrogens is 1. The minimum Gasteiger partial charge on any atom is -0.453 e. The Labute approximate surface area is 372 Å². The van der Waals surface area contributed by atoms with E-state index in [1.165, 1.54) is 13.2 Å². The number of hydrogen-bond acceptors (Lipinski definition) is 8. The highest BCUT2D eigenvalue weighted by Crippen LogP contribution is 2.54. The van der Waals surface area contributed by atoms with E-state index in [0.29, 0.717) is 87.7 Å². The average molecular weight is 926 g/mol. The number of carbonyl (C=O) groups excluding carboxylic acids is 4. The standard InChI is InChI=1S/C42H50Cl3F3N8O6/c1-4-27(50-40(60)61-3)18-36(57)56-23-24(2)17-34(56)37-49-22-33(51-37)26-7-5-25(6-8-26)29-19-31(43)32(20-35(29)62-42(46,47)48)52-39(59)55-15-13-53(14-16-55)28-9-11-54(12-10-28)38(58)30-21-41(30,44)45/h5-8,19-20,22,24,27-28,30,34H,4,9-18,21,23H2,1-3H3,(H,49,51)(H,50,60)(H,52,59)/t24?,27?,30-,34-/m0/s1. The Hall–Kier alpha value is -4.45. The lowest BCUT2D eigenvalue weighted by Crippen LogP contribution is -2.55. The van der Waals surface area contributed by atoms with Crippen molar-refractivity contribution in [3.8, 4) is 28.1 Å². The van der Waals surface area contributed by atoms with Crippen LogP contribution in [0.1, 0.15) is 64.2 Å². The highest BCUT2D eigenvalue weighted by molar-refractivity contribution is 6.52. The zero-order valence-electron chi connectivity index (χ0n) is 34.6. The van der Waals surface area contributed by atoms with Gasteiger partial charge in [0.15, 0.2) is 0 Å². The Morgan fingerprint density at radius 1 is 1.00 bits per heavy atom. The number of piperidine rings is 1. The van der Waals surface area contributed by atoms with Gasteiger partial charge < -0.3 is 39.8 Å². The SMILES string of the molecule is CCC(CC(=O)N1CC(C)C[C@H]1c1ncc(-c2ccc(-c3cc(Cl)c(NC(=O)N4CCN(C5CCN(C(=O)[C@@H]6CC6(Cl)Cl)CC5)CC4)cc3OC(F)(F)F)cc2)[nH]1)NC(=O)OC. The van der Waals surface area contributed by atoms with Gasteiger partial charge in [0.2, 0.25) is 11.8 Å². The van der Waals surface area contributed by atoms with Gasteiger partial charge in [-0.15, -0.1) is 36.4 Å². The van der Waals surface area contributed by atoms with Crippen molar-refractivity contribution in [3.05, 3.63) is 53.4 Å². The van der Waals surface area contributed by atoms with Crippen LogP contribution < -0.4 is 15.4 Å². The van der Waals surface area contributed by atoms with E-state index in [-0.39, 0.29) is 64.5 Å². The Kier molecular flexibility index (Phi) is 13.8. The van der Waals surface area contributed by atoms with Gasteiger partial charge >= 0.3 is 18.5 Å². The number of amides is 5. The molecule has 3 aliphatic heterocycles. The van der Waals surface area contributed by atoms with Crippen molar-refractivity contribution in [2.24, 2.45) is 11.8 Å². The molecule has 4 heterocycles. The summed E-state index contributed by atoms with van der Waals surface area (Å²) in [5, 5.41) is 5.40. The minimum atomic E-state index is -5.03. The number of urea groups is 1.